The van der Waals surface area contributed by atoms with Crippen molar-refractivity contribution in [2.24, 2.45) is 0 Å². The predicted molar refractivity (Wildman–Crippen MR) is 219 cm³/mol. The first-order chi connectivity index (χ1) is 25.8. The van der Waals surface area contributed by atoms with E-state index in [9.17, 15) is 10.2 Å². The molecule has 4 heteroatoms. The first-order valence-corrected chi connectivity index (χ1v) is 19.1. The van der Waals surface area contributed by atoms with Crippen LogP contribution in [-0.2, 0) is 49.7 Å². The Bertz CT molecular complexity index is 2000. The number of rotatable bonds is 6. The number of phenolic OH excluding ortho intramolecular Hbond substituents is 2. The van der Waals surface area contributed by atoms with E-state index in [1.54, 1.807) is 0 Å². The summed E-state index contributed by atoms with van der Waals surface area (Å²) in [6.45, 7) is 14.1. The minimum Gasteiger partial charge on any atom is -0.507 e. The Morgan fingerprint density at radius 2 is 0.704 bits per heavy atom. The summed E-state index contributed by atoms with van der Waals surface area (Å²) in [7, 11) is 0. The standard InChI is InChI=1S/C50H52O4/c1-49(2,3)43-27-39-23-35-19-13-21-37(47(35)53-31-33-15-9-7-10-16-33)25-41-29-44(50(4,5)6)30-42(46(41)52)26-38-22-14-20-36(24-40(28-43)45(39)51)48(38)54-32-34-17-11-8-12-18-34/h7-22,27-30,51-52H,23-26,31-32H2,1-6H3. The molecule has 0 unspecified atom stereocenters. The zero-order chi connectivity index (χ0) is 38.0. The average Bonchev–Trinajstić information content (AvgIpc) is 3.13. The van der Waals surface area contributed by atoms with Crippen LogP contribution in [0.25, 0.3) is 0 Å². The molecule has 0 fully saturated rings. The fraction of sp³-hybridized carbons (Fsp3) is 0.280. The van der Waals surface area contributed by atoms with Crippen molar-refractivity contribution in [3.63, 3.8) is 0 Å². The molecule has 8 bridgehead atoms. The number of hydrogen-bond acceptors (Lipinski definition) is 4. The molecule has 0 amide bonds. The van der Waals surface area contributed by atoms with E-state index < -0.39 is 0 Å². The highest BCUT2D eigenvalue weighted by Gasteiger charge is 2.25. The molecule has 0 heterocycles. The van der Waals surface area contributed by atoms with Crippen LogP contribution in [0.1, 0.15) is 108 Å². The third-order valence-corrected chi connectivity index (χ3v) is 10.6. The third kappa shape index (κ3) is 8.19. The van der Waals surface area contributed by atoms with Crippen LogP contribution in [0.5, 0.6) is 23.0 Å². The molecule has 0 atom stereocenters. The van der Waals surface area contributed by atoms with E-state index >= 15 is 0 Å². The van der Waals surface area contributed by atoms with E-state index in [0.717, 1.165) is 78.3 Å². The lowest BCUT2D eigenvalue weighted by atomic mass is 9.81. The lowest BCUT2D eigenvalue weighted by molar-refractivity contribution is 0.300. The van der Waals surface area contributed by atoms with Crippen molar-refractivity contribution < 1.29 is 19.7 Å². The Labute approximate surface area is 321 Å². The average molecular weight is 717 g/mol. The van der Waals surface area contributed by atoms with E-state index in [2.05, 4.69) is 126 Å². The monoisotopic (exact) mass is 716 g/mol. The number of hydrogen-bond donors (Lipinski definition) is 2. The van der Waals surface area contributed by atoms with Gasteiger partial charge in [0, 0.05) is 25.7 Å². The maximum atomic E-state index is 12.1. The van der Waals surface area contributed by atoms with Crippen LogP contribution >= 0.6 is 0 Å². The second-order valence-electron chi connectivity index (χ2n) is 16.9. The molecule has 0 spiro atoms. The first kappa shape index (κ1) is 36.9. The van der Waals surface area contributed by atoms with Crippen molar-refractivity contribution >= 4 is 0 Å². The quantitative estimate of drug-likeness (QED) is 0.180. The van der Waals surface area contributed by atoms with Crippen molar-refractivity contribution in [1.29, 1.82) is 0 Å². The number of phenols is 2. The molecule has 0 saturated carbocycles. The van der Waals surface area contributed by atoms with Gasteiger partial charge in [-0.1, -0.05) is 163 Å². The van der Waals surface area contributed by atoms with Gasteiger partial charge in [0.15, 0.2) is 0 Å². The minimum atomic E-state index is -0.147. The van der Waals surface area contributed by atoms with Crippen LogP contribution in [0.2, 0.25) is 0 Å². The van der Waals surface area contributed by atoms with E-state index in [1.807, 2.05) is 36.4 Å². The van der Waals surface area contributed by atoms with Gasteiger partial charge >= 0.3 is 0 Å². The number of benzene rings is 6. The van der Waals surface area contributed by atoms with Crippen molar-refractivity contribution in [2.75, 3.05) is 0 Å². The fourth-order valence-electron chi connectivity index (χ4n) is 7.41. The molecule has 0 radical (unpaired) electrons. The van der Waals surface area contributed by atoms with E-state index in [0.29, 0.717) is 50.4 Å². The highest BCUT2D eigenvalue weighted by molar-refractivity contribution is 5.57. The predicted octanol–water partition coefficient (Wildman–Crippen LogP) is 11.5. The van der Waals surface area contributed by atoms with Crippen LogP contribution in [0.4, 0.5) is 0 Å². The van der Waals surface area contributed by atoms with Crippen LogP contribution < -0.4 is 9.47 Å². The molecule has 276 valence electrons. The summed E-state index contributed by atoms with van der Waals surface area (Å²) in [6.07, 6.45) is 1.93. The summed E-state index contributed by atoms with van der Waals surface area (Å²) in [5, 5.41) is 24.3. The highest BCUT2D eigenvalue weighted by atomic mass is 16.5. The normalized spacial score (nSPS) is 13.0. The number of para-hydroxylation sites is 2. The van der Waals surface area contributed by atoms with Gasteiger partial charge in [-0.2, -0.15) is 0 Å². The highest BCUT2D eigenvalue weighted by Crippen LogP contribution is 2.41. The summed E-state index contributed by atoms with van der Waals surface area (Å²) in [5.74, 6) is 2.18. The van der Waals surface area contributed by atoms with Crippen molar-refractivity contribution in [3.8, 4) is 23.0 Å². The summed E-state index contributed by atoms with van der Waals surface area (Å²) < 4.78 is 13.5. The maximum absolute atomic E-state index is 12.1. The first-order valence-electron chi connectivity index (χ1n) is 19.1. The fourth-order valence-corrected chi connectivity index (χ4v) is 7.41. The van der Waals surface area contributed by atoms with Crippen molar-refractivity contribution in [3.05, 3.63) is 188 Å². The third-order valence-electron chi connectivity index (χ3n) is 10.6. The minimum absolute atomic E-state index is 0.147. The van der Waals surface area contributed by atoms with Gasteiger partial charge in [-0.15, -0.1) is 0 Å². The van der Waals surface area contributed by atoms with Crippen LogP contribution in [-0.4, -0.2) is 10.2 Å². The molecule has 4 nitrogen and oxygen atoms in total. The molecule has 54 heavy (non-hydrogen) atoms. The van der Waals surface area contributed by atoms with E-state index in [1.165, 1.54) is 0 Å². The smallest absolute Gasteiger partial charge is 0.126 e. The zero-order valence-corrected chi connectivity index (χ0v) is 32.5. The van der Waals surface area contributed by atoms with Crippen molar-refractivity contribution in [1.82, 2.24) is 0 Å². The lowest BCUT2D eigenvalue weighted by Crippen LogP contribution is -2.14. The Hall–Kier alpha value is -5.48. The van der Waals surface area contributed by atoms with Gasteiger partial charge < -0.3 is 19.7 Å². The topological polar surface area (TPSA) is 58.9 Å². The van der Waals surface area contributed by atoms with Crippen LogP contribution in [0.3, 0.4) is 0 Å². The van der Waals surface area contributed by atoms with E-state index in [-0.39, 0.29) is 10.8 Å². The second kappa shape index (κ2) is 15.1. The number of aromatic hydroxyl groups is 2. The van der Waals surface area contributed by atoms with Gasteiger partial charge in [-0.25, -0.2) is 0 Å². The van der Waals surface area contributed by atoms with Gasteiger partial charge in [0.25, 0.3) is 0 Å². The zero-order valence-electron chi connectivity index (χ0n) is 32.5. The Morgan fingerprint density at radius 1 is 0.407 bits per heavy atom. The Morgan fingerprint density at radius 3 is 0.981 bits per heavy atom. The molecule has 7 rings (SSSR count). The Kier molecular flexibility index (Phi) is 10.3. The van der Waals surface area contributed by atoms with Gasteiger partial charge in [0.1, 0.15) is 36.2 Å². The van der Waals surface area contributed by atoms with Gasteiger partial charge in [0.05, 0.1) is 0 Å². The summed E-state index contributed by atoms with van der Waals surface area (Å²) >= 11 is 0. The molecule has 2 N–H and O–H groups in total. The summed E-state index contributed by atoms with van der Waals surface area (Å²) in [5.41, 5.74) is 11.6. The van der Waals surface area contributed by atoms with Crippen molar-refractivity contribution in [2.45, 2.75) is 91.3 Å². The summed E-state index contributed by atoms with van der Waals surface area (Å²) in [6, 6.07) is 41.6. The molecular weight excluding hydrogens is 665 g/mol. The molecule has 0 aliphatic heterocycles. The molecular formula is C50H52O4. The van der Waals surface area contributed by atoms with Gasteiger partial charge in [0.2, 0.25) is 0 Å². The SMILES string of the molecule is CC(C)(C)c1cc2c(O)c(c1)Cc1cccc(c1OCc1ccccc1)Cc1cc(C(C)(C)C)cc(c1O)Cc1cccc(c1OCc1ccccc1)C2. The molecule has 0 aromatic heterocycles. The lowest BCUT2D eigenvalue weighted by Gasteiger charge is -2.25. The number of fused-ring (bicyclic) bond motifs is 8. The maximum Gasteiger partial charge on any atom is 0.126 e. The Balaban J connectivity index is 1.44. The van der Waals surface area contributed by atoms with Gasteiger partial charge in [-0.3, -0.25) is 0 Å². The molecule has 1 aliphatic rings. The van der Waals surface area contributed by atoms with Crippen LogP contribution in [0.15, 0.2) is 121 Å². The van der Waals surface area contributed by atoms with Crippen LogP contribution in [0, 0.1) is 0 Å². The molecule has 6 aromatic rings. The second-order valence-corrected chi connectivity index (χ2v) is 16.9. The molecule has 1 aliphatic carbocycles. The van der Waals surface area contributed by atoms with Gasteiger partial charge in [-0.05, 0) is 77.6 Å². The summed E-state index contributed by atoms with van der Waals surface area (Å²) in [4.78, 5) is 0. The van der Waals surface area contributed by atoms with E-state index in [4.69, 9.17) is 9.47 Å². The number of ether oxygens (including phenoxy) is 2. The largest absolute Gasteiger partial charge is 0.507 e. The molecule has 6 aromatic carbocycles. The molecule has 0 saturated heterocycles.